The van der Waals surface area contributed by atoms with E-state index in [1.165, 1.54) is 32.5 Å². The zero-order valence-electron chi connectivity index (χ0n) is 15.8. The first-order chi connectivity index (χ1) is 13.4. The van der Waals surface area contributed by atoms with E-state index in [1.54, 1.807) is 17.0 Å². The van der Waals surface area contributed by atoms with Gasteiger partial charge in [-0.1, -0.05) is 0 Å². The Hall–Kier alpha value is -2.52. The van der Waals surface area contributed by atoms with Gasteiger partial charge in [0.25, 0.3) is 5.91 Å². The van der Waals surface area contributed by atoms with Gasteiger partial charge in [0, 0.05) is 12.6 Å². The van der Waals surface area contributed by atoms with Crippen LogP contribution in [0.3, 0.4) is 0 Å². The largest absolute Gasteiger partial charge is 0.496 e. The second kappa shape index (κ2) is 8.66. The lowest BCUT2D eigenvalue weighted by Gasteiger charge is -2.22. The summed E-state index contributed by atoms with van der Waals surface area (Å²) in [6.07, 6.45) is 1.53. The molecule has 2 atom stereocenters. The quantitative estimate of drug-likeness (QED) is 0.712. The molecule has 0 aliphatic carbocycles. The molecule has 2 aromatic rings. The van der Waals surface area contributed by atoms with E-state index in [0.29, 0.717) is 28.3 Å². The minimum Gasteiger partial charge on any atom is -0.496 e. The average molecular weight is 407 g/mol. The average Bonchev–Trinajstić information content (AvgIpc) is 3.03. The summed E-state index contributed by atoms with van der Waals surface area (Å²) in [6.45, 7) is 2.16. The maximum absolute atomic E-state index is 13.5. The Morgan fingerprint density at radius 3 is 2.79 bits per heavy atom. The van der Waals surface area contributed by atoms with E-state index in [-0.39, 0.29) is 30.2 Å². The molecule has 1 aromatic carbocycles. The van der Waals surface area contributed by atoms with Crippen LogP contribution in [-0.2, 0) is 0 Å². The third-order valence-corrected chi connectivity index (χ3v) is 5.37. The zero-order chi connectivity index (χ0) is 20.3. The number of hydrogen-bond donors (Lipinski definition) is 2. The molecule has 0 bridgehead atoms. The number of anilines is 1. The van der Waals surface area contributed by atoms with Crippen molar-refractivity contribution in [1.82, 2.24) is 9.88 Å². The molecule has 1 fully saturated rings. The van der Waals surface area contributed by atoms with Crippen LogP contribution in [0.5, 0.6) is 11.6 Å². The van der Waals surface area contributed by atoms with Gasteiger partial charge in [-0.3, -0.25) is 4.79 Å². The molecule has 2 unspecified atom stereocenters. The molecular weight excluding hydrogens is 385 g/mol. The zero-order valence-corrected chi connectivity index (χ0v) is 16.6. The van der Waals surface area contributed by atoms with Crippen LogP contribution in [0.1, 0.15) is 23.7 Å². The maximum atomic E-state index is 13.5. The standard InChI is InChI=1S/C19H22FN3O4S/c1-11-6-14(24)10-23(11)19(25)15-8-13(9-21-18(15)27-3)22-28-17-7-12(20)4-5-16(17)26-2/h4-5,7-9,11,14,22,24H,6,10H2,1-3H3. The van der Waals surface area contributed by atoms with Crippen LogP contribution < -0.4 is 14.2 Å². The molecule has 0 saturated carbocycles. The molecule has 150 valence electrons. The highest BCUT2D eigenvalue weighted by molar-refractivity contribution is 8.00. The first kappa shape index (κ1) is 20.2. The lowest BCUT2D eigenvalue weighted by molar-refractivity contribution is 0.0722. The Bertz CT molecular complexity index is 867. The summed E-state index contributed by atoms with van der Waals surface area (Å²) >= 11 is 1.15. The van der Waals surface area contributed by atoms with Crippen LogP contribution in [0.2, 0.25) is 0 Å². The highest BCUT2D eigenvalue weighted by atomic mass is 32.2. The molecule has 9 heteroatoms. The molecule has 7 nitrogen and oxygen atoms in total. The monoisotopic (exact) mass is 407 g/mol. The van der Waals surface area contributed by atoms with Crippen molar-refractivity contribution in [2.75, 3.05) is 25.5 Å². The predicted molar refractivity (Wildman–Crippen MR) is 104 cm³/mol. The normalized spacial score (nSPS) is 18.8. The van der Waals surface area contributed by atoms with Gasteiger partial charge in [-0.2, -0.15) is 0 Å². The number of halogens is 1. The van der Waals surface area contributed by atoms with Crippen molar-refractivity contribution in [3.63, 3.8) is 0 Å². The second-order valence-corrected chi connectivity index (χ2v) is 7.32. The van der Waals surface area contributed by atoms with E-state index in [4.69, 9.17) is 9.47 Å². The minimum absolute atomic E-state index is 0.0743. The van der Waals surface area contributed by atoms with E-state index in [1.807, 2.05) is 6.92 Å². The maximum Gasteiger partial charge on any atom is 0.259 e. The number of methoxy groups -OCH3 is 2. The molecule has 0 spiro atoms. The van der Waals surface area contributed by atoms with E-state index in [2.05, 4.69) is 9.71 Å². The number of carbonyl (C=O) groups excluding carboxylic acids is 1. The smallest absolute Gasteiger partial charge is 0.259 e. The lowest BCUT2D eigenvalue weighted by Crippen LogP contribution is -2.34. The van der Waals surface area contributed by atoms with Gasteiger partial charge in [-0.15, -0.1) is 0 Å². The van der Waals surface area contributed by atoms with Crippen LogP contribution in [0.15, 0.2) is 35.4 Å². The van der Waals surface area contributed by atoms with Crippen LogP contribution in [0.4, 0.5) is 10.1 Å². The molecule has 3 rings (SSSR count). The number of aromatic nitrogens is 1. The number of carbonyl (C=O) groups is 1. The summed E-state index contributed by atoms with van der Waals surface area (Å²) in [5.41, 5.74) is 0.841. The molecule has 1 saturated heterocycles. The van der Waals surface area contributed by atoms with Gasteiger partial charge < -0.3 is 24.2 Å². The van der Waals surface area contributed by atoms with Gasteiger partial charge in [0.05, 0.1) is 37.1 Å². The third kappa shape index (κ3) is 4.31. The number of likely N-dealkylation sites (tertiary alicyclic amines) is 1. The number of benzene rings is 1. The Labute approximate surface area is 167 Å². The highest BCUT2D eigenvalue weighted by Gasteiger charge is 2.33. The first-order valence-electron chi connectivity index (χ1n) is 8.72. The van der Waals surface area contributed by atoms with Crippen LogP contribution >= 0.6 is 11.9 Å². The van der Waals surface area contributed by atoms with Crippen LogP contribution in [0.25, 0.3) is 0 Å². The van der Waals surface area contributed by atoms with Crippen molar-refractivity contribution in [3.8, 4) is 11.6 Å². The van der Waals surface area contributed by atoms with Crippen molar-refractivity contribution in [1.29, 1.82) is 0 Å². The van der Waals surface area contributed by atoms with Crippen molar-refractivity contribution >= 4 is 23.5 Å². The Morgan fingerprint density at radius 1 is 1.36 bits per heavy atom. The summed E-state index contributed by atoms with van der Waals surface area (Å²) in [4.78, 5) is 19.3. The SMILES string of the molecule is COc1ccc(F)cc1SNc1cnc(OC)c(C(=O)N2CC(O)CC2C)c1. The molecule has 1 aliphatic heterocycles. The highest BCUT2D eigenvalue weighted by Crippen LogP contribution is 2.32. The van der Waals surface area contributed by atoms with Gasteiger partial charge in [0.2, 0.25) is 5.88 Å². The Morgan fingerprint density at radius 2 is 2.14 bits per heavy atom. The number of β-amino-alcohol motifs (C(OH)–C–C–N with tert-alkyl or cyclic N) is 1. The fourth-order valence-electron chi connectivity index (χ4n) is 3.11. The van der Waals surface area contributed by atoms with Gasteiger partial charge >= 0.3 is 0 Å². The van der Waals surface area contributed by atoms with E-state index in [0.717, 1.165) is 11.9 Å². The van der Waals surface area contributed by atoms with E-state index >= 15 is 0 Å². The van der Waals surface area contributed by atoms with Crippen molar-refractivity contribution in [3.05, 3.63) is 41.8 Å². The summed E-state index contributed by atoms with van der Waals surface area (Å²) in [7, 11) is 2.95. The van der Waals surface area contributed by atoms with Crippen LogP contribution in [-0.4, -0.2) is 53.8 Å². The topological polar surface area (TPSA) is 83.9 Å². The minimum atomic E-state index is -0.532. The number of nitrogens with zero attached hydrogens (tertiary/aromatic N) is 2. The molecule has 1 aliphatic rings. The lowest BCUT2D eigenvalue weighted by atomic mass is 10.2. The number of hydrogen-bond acceptors (Lipinski definition) is 7. The number of aliphatic hydroxyl groups excluding tert-OH is 1. The van der Waals surface area contributed by atoms with Crippen molar-refractivity contribution < 1.29 is 23.8 Å². The molecular formula is C19H22FN3O4S. The number of rotatable bonds is 6. The molecule has 28 heavy (non-hydrogen) atoms. The Kier molecular flexibility index (Phi) is 6.25. The molecule has 1 amide bonds. The van der Waals surface area contributed by atoms with Gasteiger partial charge in [-0.05, 0) is 49.6 Å². The predicted octanol–water partition coefficient (Wildman–Crippen LogP) is 2.95. The van der Waals surface area contributed by atoms with E-state index < -0.39 is 6.10 Å². The Balaban J connectivity index is 1.81. The molecule has 0 radical (unpaired) electrons. The third-order valence-electron chi connectivity index (χ3n) is 4.49. The fraction of sp³-hybridized carbons (Fsp3) is 0.368. The first-order valence-corrected chi connectivity index (χ1v) is 9.54. The van der Waals surface area contributed by atoms with Gasteiger partial charge in [0.1, 0.15) is 17.1 Å². The number of ether oxygens (including phenoxy) is 2. The fourth-order valence-corrected chi connectivity index (χ4v) is 3.87. The molecule has 1 aromatic heterocycles. The van der Waals surface area contributed by atoms with Gasteiger partial charge in [-0.25, -0.2) is 9.37 Å². The summed E-state index contributed by atoms with van der Waals surface area (Å²) in [5, 5.41) is 9.83. The summed E-state index contributed by atoms with van der Waals surface area (Å²) < 4.78 is 27.0. The number of pyridine rings is 1. The van der Waals surface area contributed by atoms with Crippen LogP contribution in [0, 0.1) is 5.82 Å². The number of amides is 1. The van der Waals surface area contributed by atoms with Crippen molar-refractivity contribution in [2.24, 2.45) is 0 Å². The van der Waals surface area contributed by atoms with Crippen molar-refractivity contribution in [2.45, 2.75) is 30.4 Å². The second-order valence-electron chi connectivity index (χ2n) is 6.48. The summed E-state index contributed by atoms with van der Waals surface area (Å²) in [5.74, 6) is 0.0924. The molecule has 2 N–H and O–H groups in total. The number of aliphatic hydroxyl groups is 1. The van der Waals surface area contributed by atoms with E-state index in [9.17, 15) is 14.3 Å². The molecule has 2 heterocycles. The number of nitrogens with one attached hydrogen (secondary N) is 1. The summed E-state index contributed by atoms with van der Waals surface area (Å²) in [6, 6.07) is 5.77. The van der Waals surface area contributed by atoms with Gasteiger partial charge in [0.15, 0.2) is 0 Å².